The van der Waals surface area contributed by atoms with Crippen molar-refractivity contribution in [2.45, 2.75) is 143 Å². The molecule has 0 bridgehead atoms. The second-order valence-electron chi connectivity index (χ2n) is 39.2. The van der Waals surface area contributed by atoms with Gasteiger partial charge in [-0.3, -0.25) is 34.8 Å². The Kier molecular flexibility index (Phi) is 30.8. The molecular weight excluding hydrogens is 1860 g/mol. The van der Waals surface area contributed by atoms with Crippen LogP contribution in [0.3, 0.4) is 0 Å². The molecule has 9 heterocycles. The molecule has 0 unspecified atom stereocenters. The van der Waals surface area contributed by atoms with Crippen LogP contribution in [0.4, 0.5) is 122 Å². The summed E-state index contributed by atoms with van der Waals surface area (Å²) in [6.45, 7) is 30.6. The van der Waals surface area contributed by atoms with Crippen LogP contribution in [-0.2, 0) is 53.9 Å². The number of sulfone groups is 1. The van der Waals surface area contributed by atoms with Gasteiger partial charge < -0.3 is 68.6 Å². The van der Waals surface area contributed by atoms with Crippen molar-refractivity contribution >= 4 is 178 Å². The van der Waals surface area contributed by atoms with Crippen LogP contribution >= 0.6 is 0 Å². The van der Waals surface area contributed by atoms with E-state index in [1.165, 1.54) is 6.26 Å². The zero-order valence-electron chi connectivity index (χ0n) is 83.7. The standard InChI is InChI=1S/C24H23N7O.C21H20N6O2.C21H24N6O2.C21H25N5O2S.C20H21N7/c1-24(2,3)21-29-22(26-16-8-9-18-14(11-16)5-4-10-25-18)31-23(30-21)27-17-7-6-15-12-20(32)28-19(15)13-17;1-21(2,3)18-25-19(22-12-7-5-4-6-8-12)27-20(26-18)23-13-9-10-14-15(11-13)17(29)24-16(14)28;1-21(2,3)18-25-19(23-14-8-6-5-7-9-14)27-20(26-18)24-15-12-13(17(22)28)10-11-16(15)29-4;1-21(2,3)18-24-19(22-16-8-6-5-7-9-16)26-20(25-18)23-17-12-10-15(11-13-17)14-29(4,27)28;1-20(2,3)16-24-17(21-13-9-5-4-6-10-13)26-19(25-16)27-18-22-14-11-7-8-12-15(14)23-18/h4-11,13H,12H2,1-3H3,(H,28,32)(H2,26,27,29,30,31);4-11H,1-3H3,(H,24,28,29)(H2,22,23,25,26,27);5-12H,1-4H3,(H2,22,28)(H2,23,24,25,26,27);5-13H,14H2,1-4H3,(H2,22,23,24,25,26);4-12H,1-3H3,(H3,21,22,23,24,25,26,27). The third kappa shape index (κ3) is 28.4. The van der Waals surface area contributed by atoms with Gasteiger partial charge in [-0.2, -0.15) is 74.8 Å². The van der Waals surface area contributed by atoms with E-state index in [0.717, 1.165) is 78.6 Å². The summed E-state index contributed by atoms with van der Waals surface area (Å²) in [6.07, 6.45) is 3.41. The molecule has 7 aromatic heterocycles. The number of primary amides is 1. The maximum absolute atomic E-state index is 11.9. The van der Waals surface area contributed by atoms with Gasteiger partial charge in [0.1, 0.15) is 34.9 Å². The van der Waals surface area contributed by atoms with Crippen molar-refractivity contribution in [3.8, 4) is 5.75 Å². The Morgan fingerprint density at radius 2 is 0.726 bits per heavy atom. The highest BCUT2D eigenvalue weighted by molar-refractivity contribution is 7.89. The highest BCUT2D eigenvalue weighted by Crippen LogP contribution is 2.36. The number of aromatic amines is 1. The van der Waals surface area contributed by atoms with Crippen LogP contribution in [0, 0.1) is 0 Å². The van der Waals surface area contributed by atoms with E-state index >= 15 is 0 Å². The summed E-state index contributed by atoms with van der Waals surface area (Å²) in [5, 5.41) is 38.1. The number of nitrogens with one attached hydrogen (secondary N) is 13. The van der Waals surface area contributed by atoms with Gasteiger partial charge >= 0.3 is 0 Å². The number of H-pyrrole nitrogens is 1. The van der Waals surface area contributed by atoms with Gasteiger partial charge in [-0.15, -0.1) is 0 Å². The molecule has 17 aromatic rings. The van der Waals surface area contributed by atoms with E-state index in [4.69, 9.17) is 10.5 Å². The molecule has 19 rings (SSSR count). The van der Waals surface area contributed by atoms with Crippen LogP contribution in [0.25, 0.3) is 21.9 Å². The molecule has 146 heavy (non-hydrogen) atoms. The Hall–Kier alpha value is -18.0. The zero-order chi connectivity index (χ0) is 104. The lowest BCUT2D eigenvalue weighted by Gasteiger charge is -2.19. The number of nitrogens with two attached hydrogens (primary N) is 1. The molecule has 15 N–H and O–H groups in total. The Morgan fingerprint density at radius 1 is 0.356 bits per heavy atom. The number of hydrogen-bond donors (Lipinski definition) is 14. The molecule has 0 fully saturated rings. The van der Waals surface area contributed by atoms with Crippen molar-refractivity contribution in [1.82, 2.24) is 95.0 Å². The summed E-state index contributed by atoms with van der Waals surface area (Å²) >= 11 is 0. The summed E-state index contributed by atoms with van der Waals surface area (Å²) in [4.78, 5) is 127. The molecule has 4 amide bonds. The minimum Gasteiger partial charge on any atom is -0.495 e. The number of amides is 4. The van der Waals surface area contributed by atoms with E-state index in [1.807, 2.05) is 269 Å². The number of anilines is 21. The summed E-state index contributed by atoms with van der Waals surface area (Å²) < 4.78 is 28.3. The average molecular weight is 1980 g/mol. The number of rotatable bonds is 24. The molecule has 0 aliphatic carbocycles. The number of benzene rings is 10. The van der Waals surface area contributed by atoms with E-state index in [-0.39, 0.29) is 44.6 Å². The number of aromatic nitrogens is 18. The SMILES string of the molecule is CC(C)(C)c1nc(Nc2ccc3c(c2)NC(=O)C3)nc(Nc2ccc3ncccc3c2)n1.CC(C)(C)c1nc(Nc2ccccc2)nc(Nc2ccc(CS(C)(=O)=O)cc2)n1.CC(C)(C)c1nc(Nc2ccccc2)nc(Nc2ccc3c(c2)C(=O)NC3=O)n1.CC(C)(C)c1nc(Nc2ccccc2)nc(Nc2nc3ccccc3[nH]2)n1.COc1ccc(C(N)=O)cc1Nc1nc(Nc2ccccc2)nc(C(C)(C)C)n1. The van der Waals surface area contributed by atoms with Crippen LogP contribution in [0.1, 0.15) is 175 Å². The van der Waals surface area contributed by atoms with Crippen LogP contribution in [-0.4, -0.2) is 135 Å². The van der Waals surface area contributed by atoms with Crippen LogP contribution in [0.2, 0.25) is 0 Å². The number of carbonyl (C=O) groups is 4. The molecule has 744 valence electrons. The first-order chi connectivity index (χ1) is 69.4. The van der Waals surface area contributed by atoms with E-state index < -0.39 is 21.7 Å². The highest BCUT2D eigenvalue weighted by atomic mass is 32.2. The molecule has 39 heteroatoms. The summed E-state index contributed by atoms with van der Waals surface area (Å²) in [5.41, 5.74) is 17.4. The van der Waals surface area contributed by atoms with Crippen molar-refractivity contribution in [2.24, 2.45) is 5.73 Å². The number of imide groups is 1. The maximum atomic E-state index is 11.9. The molecule has 38 nitrogen and oxygen atoms in total. The largest absolute Gasteiger partial charge is 0.495 e. The van der Waals surface area contributed by atoms with Crippen molar-refractivity contribution < 1.29 is 32.3 Å². The first-order valence-corrected chi connectivity index (χ1v) is 48.7. The van der Waals surface area contributed by atoms with Crippen molar-refractivity contribution in [3.63, 3.8) is 0 Å². The Morgan fingerprint density at radius 3 is 1.14 bits per heavy atom. The van der Waals surface area contributed by atoms with Crippen LogP contribution in [0.15, 0.2) is 261 Å². The van der Waals surface area contributed by atoms with Gasteiger partial charge in [0, 0.05) is 102 Å². The third-order valence-electron chi connectivity index (χ3n) is 21.5. The predicted octanol–water partition coefficient (Wildman–Crippen LogP) is 20.7. The number of pyridine rings is 1. The van der Waals surface area contributed by atoms with Crippen LogP contribution in [0.5, 0.6) is 5.75 Å². The average Bonchev–Trinajstić information content (AvgIpc) is 1.63. The second-order valence-corrected chi connectivity index (χ2v) is 41.3. The van der Waals surface area contributed by atoms with E-state index in [9.17, 15) is 27.6 Å². The number of imidazole rings is 1. The van der Waals surface area contributed by atoms with E-state index in [1.54, 1.807) is 61.8 Å². The van der Waals surface area contributed by atoms with Gasteiger partial charge in [0.2, 0.25) is 77.2 Å². The fourth-order valence-electron chi connectivity index (χ4n) is 14.1. The smallest absolute Gasteiger partial charge is 0.259 e. The van der Waals surface area contributed by atoms with Gasteiger partial charge in [-0.1, -0.05) is 213 Å². The normalized spacial score (nSPS) is 12.1. The fraction of sp³-hybridized carbons (Fsp3) is 0.224. The Balaban J connectivity index is 0.000000137. The number of nitrogens with zero attached hydrogens (tertiary/aromatic N) is 17. The van der Waals surface area contributed by atoms with Gasteiger partial charge in [-0.05, 0) is 157 Å². The number of ether oxygens (including phenoxy) is 1. The summed E-state index contributed by atoms with van der Waals surface area (Å²) in [7, 11) is -1.53. The van der Waals surface area contributed by atoms with E-state index in [2.05, 4.69) is 195 Å². The molecule has 0 saturated carbocycles. The van der Waals surface area contributed by atoms with Gasteiger partial charge in [0.15, 0.2) is 9.84 Å². The first kappa shape index (κ1) is 102. The molecule has 0 radical (unpaired) electrons. The summed E-state index contributed by atoms with van der Waals surface area (Å²) in [6, 6.07) is 79.2. The third-order valence-corrected chi connectivity index (χ3v) is 22.3. The lowest BCUT2D eigenvalue weighted by atomic mass is 9.96. The van der Waals surface area contributed by atoms with Gasteiger partial charge in [0.25, 0.3) is 11.8 Å². The molecule has 2 aliphatic heterocycles. The predicted molar refractivity (Wildman–Crippen MR) is 573 cm³/mol. The molecule has 0 atom stereocenters. The van der Waals surface area contributed by atoms with E-state index in [0.29, 0.717) is 135 Å². The van der Waals surface area contributed by atoms with Crippen molar-refractivity contribution in [1.29, 1.82) is 0 Å². The molecule has 0 spiro atoms. The maximum Gasteiger partial charge on any atom is 0.259 e. The first-order valence-electron chi connectivity index (χ1n) is 46.6. The number of hydrogen-bond acceptors (Lipinski definition) is 34. The molecule has 0 saturated heterocycles. The number of carbonyl (C=O) groups excluding carboxylic acids is 4. The van der Waals surface area contributed by atoms with Gasteiger partial charge in [-0.25, -0.2) is 13.4 Å². The molecule has 10 aromatic carbocycles. The number of fused-ring (bicyclic) bond motifs is 4. The fourth-order valence-corrected chi connectivity index (χ4v) is 14.9. The lowest BCUT2D eigenvalue weighted by molar-refractivity contribution is -0.115. The highest BCUT2D eigenvalue weighted by Gasteiger charge is 2.30. The topological polar surface area (TPSA) is 517 Å². The lowest BCUT2D eigenvalue weighted by Crippen LogP contribution is -2.19. The van der Waals surface area contributed by atoms with Crippen molar-refractivity contribution in [2.75, 3.05) is 71.9 Å². The van der Waals surface area contributed by atoms with Gasteiger partial charge in [0.05, 0.1) is 52.6 Å². The quantitative estimate of drug-likeness (QED) is 0.0250. The Bertz CT molecular complexity index is 7680. The monoisotopic (exact) mass is 1980 g/mol. The minimum atomic E-state index is -3.07. The van der Waals surface area contributed by atoms with Crippen LogP contribution < -0.4 is 74.3 Å². The zero-order valence-corrected chi connectivity index (χ0v) is 84.5. The Labute approximate surface area is 844 Å². The molecular formula is C107H113N31O7S. The minimum absolute atomic E-state index is 0.00408. The molecule has 2 aliphatic rings. The second kappa shape index (κ2) is 44.0. The summed E-state index contributed by atoms with van der Waals surface area (Å²) in [5.74, 6) is 7.18. The number of para-hydroxylation sites is 6. The van der Waals surface area contributed by atoms with Crippen molar-refractivity contribution in [3.05, 3.63) is 318 Å². The number of methoxy groups -OCH3 is 1.